The summed E-state index contributed by atoms with van der Waals surface area (Å²) in [5.74, 6) is 0.00408. The lowest BCUT2D eigenvalue weighted by molar-refractivity contribution is -0.137. The summed E-state index contributed by atoms with van der Waals surface area (Å²) in [6, 6.07) is 11.1. The first-order valence-electron chi connectivity index (χ1n) is 13.1. The average Bonchev–Trinajstić information content (AvgIpc) is 3.72. The average molecular weight is 588 g/mol. The summed E-state index contributed by atoms with van der Waals surface area (Å²) in [5, 5.41) is 19.0. The van der Waals surface area contributed by atoms with Crippen molar-refractivity contribution in [2.24, 2.45) is 0 Å². The van der Waals surface area contributed by atoms with Crippen molar-refractivity contribution >= 4 is 40.8 Å². The van der Waals surface area contributed by atoms with Crippen LogP contribution in [0.5, 0.6) is 11.5 Å². The highest BCUT2D eigenvalue weighted by atomic mass is 32.1. The quantitative estimate of drug-likeness (QED) is 0.219. The van der Waals surface area contributed by atoms with Gasteiger partial charge >= 0.3 is 18.1 Å². The number of fused-ring (bicyclic) bond motifs is 1. The van der Waals surface area contributed by atoms with Gasteiger partial charge in [-0.25, -0.2) is 9.59 Å². The fraction of sp³-hybridized carbons (Fsp3) is 0.393. The predicted molar refractivity (Wildman–Crippen MR) is 152 cm³/mol. The molecule has 0 saturated heterocycles. The number of hydrogen-bond acceptors (Lipinski definition) is 8. The van der Waals surface area contributed by atoms with Crippen molar-refractivity contribution in [1.82, 2.24) is 15.5 Å². The van der Waals surface area contributed by atoms with Gasteiger partial charge in [-0.2, -0.15) is 0 Å². The van der Waals surface area contributed by atoms with Crippen LogP contribution in [-0.4, -0.2) is 47.5 Å². The lowest BCUT2D eigenvalue weighted by Crippen LogP contribution is -2.46. The summed E-state index contributed by atoms with van der Waals surface area (Å²) in [7, 11) is 0. The Bertz CT molecular complexity index is 1210. The second kappa shape index (κ2) is 14.6. The van der Waals surface area contributed by atoms with Gasteiger partial charge in [0.1, 0.15) is 6.61 Å². The van der Waals surface area contributed by atoms with Gasteiger partial charge in [0.15, 0.2) is 11.5 Å². The van der Waals surface area contributed by atoms with Gasteiger partial charge in [0.2, 0.25) is 6.79 Å². The Morgan fingerprint density at radius 1 is 1.02 bits per heavy atom. The highest BCUT2D eigenvalue weighted by Crippen LogP contribution is 2.34. The molecule has 0 bridgehead atoms. The Kier molecular flexibility index (Phi) is 10.6. The number of ether oxygens (including phenoxy) is 3. The van der Waals surface area contributed by atoms with E-state index in [9.17, 15) is 19.5 Å². The number of hydrogen-bond donors (Lipinski definition) is 3. The third kappa shape index (κ3) is 8.62. The van der Waals surface area contributed by atoms with Crippen molar-refractivity contribution in [2.75, 3.05) is 13.4 Å². The lowest BCUT2D eigenvalue weighted by Gasteiger charge is -2.25. The molecule has 1 aromatic carbocycles. The molecule has 3 N–H and O–H groups in total. The van der Waals surface area contributed by atoms with Gasteiger partial charge in [0, 0.05) is 9.75 Å². The van der Waals surface area contributed by atoms with Crippen molar-refractivity contribution < 1.29 is 33.7 Å². The van der Waals surface area contributed by atoms with E-state index < -0.39 is 30.2 Å². The molecule has 2 unspecified atom stereocenters. The fourth-order valence-electron chi connectivity index (χ4n) is 4.22. The molecule has 1 aliphatic rings. The normalized spacial score (nSPS) is 13.3. The number of nitrogens with one attached hydrogen (secondary N) is 2. The minimum Gasteiger partial charge on any atom is -0.481 e. The largest absolute Gasteiger partial charge is 0.481 e. The third-order valence-electron chi connectivity index (χ3n) is 6.24. The fourth-order valence-corrected chi connectivity index (χ4v) is 5.66. The van der Waals surface area contributed by atoms with Gasteiger partial charge in [0.25, 0.3) is 0 Å². The standard InChI is InChI=1S/C28H33N3O7S2/c1-2-3-6-20(17-36-28(35)31(15-21-7-4-11-39-21)16-22-8-5-12-40-22)29-27(34)30-23(14-26(32)33)19-9-10-24-25(13-19)38-18-37-24/h4-5,7-13,20,23H,2-3,6,14-18H2,1H3,(H,32,33)(H2,29,30,34). The van der Waals surface area contributed by atoms with Gasteiger partial charge in [-0.3, -0.25) is 9.69 Å². The Morgan fingerprint density at radius 3 is 2.35 bits per heavy atom. The van der Waals surface area contributed by atoms with Crippen LogP contribution >= 0.6 is 22.7 Å². The first kappa shape index (κ1) is 29.2. The monoisotopic (exact) mass is 587 g/mol. The van der Waals surface area contributed by atoms with E-state index in [2.05, 4.69) is 10.6 Å². The minimum atomic E-state index is -1.06. The maximum atomic E-state index is 13.1. The number of rotatable bonds is 14. The van der Waals surface area contributed by atoms with Gasteiger partial charge < -0.3 is 30.0 Å². The summed E-state index contributed by atoms with van der Waals surface area (Å²) in [6.45, 7) is 2.97. The Balaban J connectivity index is 1.38. The third-order valence-corrected chi connectivity index (χ3v) is 7.97. The summed E-state index contributed by atoms with van der Waals surface area (Å²) >= 11 is 3.14. The van der Waals surface area contributed by atoms with Crippen LogP contribution in [0, 0.1) is 0 Å². The highest BCUT2D eigenvalue weighted by Gasteiger charge is 2.24. The van der Waals surface area contributed by atoms with Crippen LogP contribution in [0.1, 0.15) is 54.0 Å². The van der Waals surface area contributed by atoms with E-state index in [1.54, 1.807) is 45.8 Å². The molecule has 3 amide bonds. The smallest absolute Gasteiger partial charge is 0.410 e. The Labute approximate surface area is 240 Å². The molecule has 1 aliphatic heterocycles. The zero-order valence-corrected chi connectivity index (χ0v) is 23.8. The van der Waals surface area contributed by atoms with Crippen LogP contribution in [0.3, 0.4) is 0 Å². The van der Waals surface area contributed by atoms with Crippen molar-refractivity contribution in [1.29, 1.82) is 0 Å². The first-order chi connectivity index (χ1) is 19.4. The van der Waals surface area contributed by atoms with Crippen LogP contribution in [0.4, 0.5) is 9.59 Å². The van der Waals surface area contributed by atoms with E-state index in [1.807, 2.05) is 41.9 Å². The maximum absolute atomic E-state index is 13.1. The van der Waals surface area contributed by atoms with Crippen molar-refractivity contribution in [3.05, 3.63) is 68.5 Å². The van der Waals surface area contributed by atoms with E-state index in [-0.39, 0.29) is 19.8 Å². The summed E-state index contributed by atoms with van der Waals surface area (Å²) < 4.78 is 16.4. The van der Waals surface area contributed by atoms with E-state index in [0.717, 1.165) is 22.6 Å². The predicted octanol–water partition coefficient (Wildman–Crippen LogP) is 5.75. The van der Waals surface area contributed by atoms with Crippen LogP contribution in [0.25, 0.3) is 0 Å². The van der Waals surface area contributed by atoms with E-state index in [0.29, 0.717) is 36.6 Å². The number of carboxylic acid groups (broad SMARTS) is 1. The molecule has 3 aromatic rings. The molecule has 40 heavy (non-hydrogen) atoms. The molecular formula is C28H33N3O7S2. The lowest BCUT2D eigenvalue weighted by atomic mass is 10.0. The second-order valence-electron chi connectivity index (χ2n) is 9.31. The molecule has 214 valence electrons. The van der Waals surface area contributed by atoms with E-state index in [1.165, 1.54) is 0 Å². The molecule has 0 saturated carbocycles. The number of urea groups is 1. The number of thiophene rings is 2. The van der Waals surface area contributed by atoms with Gasteiger partial charge in [-0.05, 0) is 47.0 Å². The molecule has 0 radical (unpaired) electrons. The topological polar surface area (TPSA) is 126 Å². The van der Waals surface area contributed by atoms with Crippen molar-refractivity contribution in [3.63, 3.8) is 0 Å². The van der Waals surface area contributed by atoms with E-state index >= 15 is 0 Å². The highest BCUT2D eigenvalue weighted by molar-refractivity contribution is 7.10. The van der Waals surface area contributed by atoms with E-state index in [4.69, 9.17) is 14.2 Å². The number of nitrogens with zero attached hydrogens (tertiary/aromatic N) is 1. The molecule has 2 aromatic heterocycles. The molecular weight excluding hydrogens is 554 g/mol. The number of unbranched alkanes of at least 4 members (excludes halogenated alkanes) is 1. The number of carboxylic acids is 1. The maximum Gasteiger partial charge on any atom is 0.410 e. The van der Waals surface area contributed by atoms with Crippen molar-refractivity contribution in [3.8, 4) is 11.5 Å². The van der Waals surface area contributed by atoms with Crippen LogP contribution in [-0.2, 0) is 22.6 Å². The molecule has 4 rings (SSSR count). The Hall–Kier alpha value is -3.77. The summed E-state index contributed by atoms with van der Waals surface area (Å²) in [5.41, 5.74) is 0.580. The molecule has 3 heterocycles. The number of benzene rings is 1. The van der Waals surface area contributed by atoms with Crippen LogP contribution in [0.15, 0.2) is 53.2 Å². The van der Waals surface area contributed by atoms with Crippen molar-refractivity contribution in [2.45, 2.75) is 57.8 Å². The summed E-state index contributed by atoms with van der Waals surface area (Å²) in [6.07, 6.45) is 1.53. The molecule has 0 fully saturated rings. The van der Waals surface area contributed by atoms with Crippen LogP contribution < -0.4 is 20.1 Å². The summed E-state index contributed by atoms with van der Waals surface area (Å²) in [4.78, 5) is 41.4. The second-order valence-corrected chi connectivity index (χ2v) is 11.4. The molecule has 0 spiro atoms. The van der Waals surface area contributed by atoms with Gasteiger partial charge in [-0.1, -0.05) is 38.0 Å². The zero-order chi connectivity index (χ0) is 28.3. The molecule has 10 nitrogen and oxygen atoms in total. The Morgan fingerprint density at radius 2 is 1.73 bits per heavy atom. The first-order valence-corrected chi connectivity index (χ1v) is 14.8. The number of amides is 3. The van der Waals surface area contributed by atoms with Gasteiger partial charge in [-0.15, -0.1) is 22.7 Å². The van der Waals surface area contributed by atoms with Gasteiger partial charge in [0.05, 0.1) is 31.6 Å². The SMILES string of the molecule is CCCCC(COC(=O)N(Cc1cccs1)Cc1cccs1)NC(=O)NC(CC(=O)O)c1ccc2c(c1)OCO2. The number of carbonyl (C=O) groups excluding carboxylic acids is 2. The number of carbonyl (C=O) groups is 3. The van der Waals surface area contributed by atoms with Crippen LogP contribution in [0.2, 0.25) is 0 Å². The zero-order valence-electron chi connectivity index (χ0n) is 22.2. The number of aliphatic carboxylic acids is 1. The molecule has 2 atom stereocenters. The molecule has 0 aliphatic carbocycles. The minimum absolute atomic E-state index is 0.00868. The molecule has 12 heteroatoms.